The van der Waals surface area contributed by atoms with Crippen LogP contribution in [0, 0.1) is 0 Å². The number of rotatable bonds is 6. The average Bonchev–Trinajstić information content (AvgIpc) is 2.59. The van der Waals surface area contributed by atoms with Crippen LogP contribution in [0.15, 0.2) is 53.5 Å². The molecule has 0 aromatic heterocycles. The first-order chi connectivity index (χ1) is 12.2. The highest BCUT2D eigenvalue weighted by Crippen LogP contribution is 2.33. The summed E-state index contributed by atoms with van der Waals surface area (Å²) in [4.78, 5) is 4.19. The van der Waals surface area contributed by atoms with E-state index in [1.54, 1.807) is 25.2 Å². The lowest BCUT2D eigenvalue weighted by molar-refractivity contribution is -0.0504. The Balaban J connectivity index is 1.52. The van der Waals surface area contributed by atoms with Crippen LogP contribution in [0.1, 0.15) is 22.6 Å². The molecule has 1 aliphatic carbocycles. The number of hydrogen-bond donors (Lipinski definition) is 2. The fraction of sp³-hybridized carbons (Fsp3) is 0.316. The maximum atomic E-state index is 12.5. The molecule has 2 aromatic carbocycles. The van der Waals surface area contributed by atoms with Gasteiger partial charge >= 0.3 is 6.61 Å². The van der Waals surface area contributed by atoms with Crippen LogP contribution >= 0.6 is 0 Å². The number of alkyl halides is 2. The summed E-state index contributed by atoms with van der Waals surface area (Å²) >= 11 is 0. The molecule has 1 unspecified atom stereocenters. The molecular formula is C19H21F2N3O. The minimum absolute atomic E-state index is 0.174. The van der Waals surface area contributed by atoms with E-state index in [2.05, 4.69) is 44.6 Å². The summed E-state index contributed by atoms with van der Waals surface area (Å²) in [6, 6.07) is 15.2. The van der Waals surface area contributed by atoms with Gasteiger partial charge in [0, 0.05) is 31.6 Å². The van der Waals surface area contributed by atoms with Gasteiger partial charge < -0.3 is 15.4 Å². The van der Waals surface area contributed by atoms with Crippen LogP contribution in [0.4, 0.5) is 8.78 Å². The Morgan fingerprint density at radius 1 is 1.16 bits per heavy atom. The Kier molecular flexibility index (Phi) is 5.48. The Morgan fingerprint density at radius 3 is 2.68 bits per heavy atom. The molecule has 0 heterocycles. The first-order valence-corrected chi connectivity index (χ1v) is 8.22. The molecule has 2 N–H and O–H groups in total. The molecule has 4 nitrogen and oxygen atoms in total. The van der Waals surface area contributed by atoms with E-state index >= 15 is 0 Å². The van der Waals surface area contributed by atoms with Crippen molar-refractivity contribution in [3.8, 4) is 5.75 Å². The van der Waals surface area contributed by atoms with Gasteiger partial charge in [-0.1, -0.05) is 42.5 Å². The highest BCUT2D eigenvalue weighted by atomic mass is 19.3. The van der Waals surface area contributed by atoms with E-state index < -0.39 is 6.61 Å². The second-order valence-electron chi connectivity index (χ2n) is 5.89. The number of benzene rings is 2. The normalized spacial score (nSPS) is 16.2. The van der Waals surface area contributed by atoms with Gasteiger partial charge in [-0.3, -0.25) is 4.99 Å². The number of para-hydroxylation sites is 1. The molecule has 132 valence electrons. The first kappa shape index (κ1) is 17.2. The lowest BCUT2D eigenvalue weighted by Gasteiger charge is -2.30. The van der Waals surface area contributed by atoms with E-state index in [0.717, 1.165) is 13.0 Å². The highest BCUT2D eigenvalue weighted by molar-refractivity contribution is 5.79. The van der Waals surface area contributed by atoms with Gasteiger partial charge in [0.05, 0.1) is 0 Å². The van der Waals surface area contributed by atoms with E-state index in [0.29, 0.717) is 24.0 Å². The van der Waals surface area contributed by atoms with Crippen molar-refractivity contribution in [3.63, 3.8) is 0 Å². The molecule has 0 bridgehead atoms. The molecule has 0 amide bonds. The largest absolute Gasteiger partial charge is 0.434 e. The van der Waals surface area contributed by atoms with Crippen LogP contribution < -0.4 is 15.4 Å². The van der Waals surface area contributed by atoms with Crippen molar-refractivity contribution >= 4 is 5.96 Å². The summed E-state index contributed by atoms with van der Waals surface area (Å²) in [5.41, 5.74) is 3.43. The standard InChI is InChI=1S/C19H21F2N3O/c1-22-19(24-12-15-10-13-6-2-4-8-16(13)15)23-11-14-7-3-5-9-17(14)25-18(20)21/h2-9,15,18H,10-12H2,1H3,(H2,22,23,24). The fourth-order valence-electron chi connectivity index (χ4n) is 3.03. The predicted molar refractivity (Wildman–Crippen MR) is 94.2 cm³/mol. The summed E-state index contributed by atoms with van der Waals surface area (Å²) in [6.07, 6.45) is 1.06. The SMILES string of the molecule is CN=C(NCc1ccccc1OC(F)F)NCC1Cc2ccccc21. The molecule has 6 heteroatoms. The molecule has 1 aliphatic rings. The number of nitrogens with one attached hydrogen (secondary N) is 2. The molecule has 1 atom stereocenters. The molecule has 0 saturated carbocycles. The Hall–Kier alpha value is -2.63. The van der Waals surface area contributed by atoms with Gasteiger partial charge in [0.2, 0.25) is 0 Å². The molecule has 0 saturated heterocycles. The number of halogens is 2. The smallest absolute Gasteiger partial charge is 0.387 e. The monoisotopic (exact) mass is 345 g/mol. The Bertz CT molecular complexity index is 749. The number of guanidine groups is 1. The summed E-state index contributed by atoms with van der Waals surface area (Å²) < 4.78 is 29.5. The van der Waals surface area contributed by atoms with Gasteiger partial charge in [-0.05, 0) is 23.6 Å². The van der Waals surface area contributed by atoms with Gasteiger partial charge in [0.25, 0.3) is 0 Å². The minimum atomic E-state index is -2.84. The van der Waals surface area contributed by atoms with E-state index in [1.165, 1.54) is 17.2 Å². The second-order valence-corrected chi connectivity index (χ2v) is 5.89. The average molecular weight is 345 g/mol. The lowest BCUT2D eigenvalue weighted by atomic mass is 9.78. The van der Waals surface area contributed by atoms with Crippen LogP contribution in [-0.4, -0.2) is 26.2 Å². The third-order valence-electron chi connectivity index (χ3n) is 4.34. The van der Waals surface area contributed by atoms with Crippen LogP contribution in [0.5, 0.6) is 5.75 Å². The Morgan fingerprint density at radius 2 is 1.92 bits per heavy atom. The van der Waals surface area contributed by atoms with Crippen molar-refractivity contribution < 1.29 is 13.5 Å². The van der Waals surface area contributed by atoms with Crippen molar-refractivity contribution in [2.45, 2.75) is 25.5 Å². The summed E-state index contributed by atoms with van der Waals surface area (Å²) in [5.74, 6) is 1.29. The fourth-order valence-corrected chi connectivity index (χ4v) is 3.03. The zero-order chi connectivity index (χ0) is 17.6. The molecular weight excluding hydrogens is 324 g/mol. The molecule has 25 heavy (non-hydrogen) atoms. The zero-order valence-electron chi connectivity index (χ0n) is 14.0. The van der Waals surface area contributed by atoms with Crippen LogP contribution in [0.25, 0.3) is 0 Å². The lowest BCUT2D eigenvalue weighted by Crippen LogP contribution is -2.40. The molecule has 0 fully saturated rings. The van der Waals surface area contributed by atoms with Crippen molar-refractivity contribution in [1.29, 1.82) is 0 Å². The first-order valence-electron chi connectivity index (χ1n) is 8.22. The highest BCUT2D eigenvalue weighted by Gasteiger charge is 2.25. The van der Waals surface area contributed by atoms with Gasteiger partial charge in [-0.15, -0.1) is 0 Å². The van der Waals surface area contributed by atoms with Gasteiger partial charge in [-0.2, -0.15) is 8.78 Å². The van der Waals surface area contributed by atoms with Gasteiger partial charge in [0.15, 0.2) is 5.96 Å². The van der Waals surface area contributed by atoms with E-state index in [4.69, 9.17) is 0 Å². The van der Waals surface area contributed by atoms with Crippen LogP contribution in [-0.2, 0) is 13.0 Å². The van der Waals surface area contributed by atoms with Crippen LogP contribution in [0.3, 0.4) is 0 Å². The van der Waals surface area contributed by atoms with Gasteiger partial charge in [0.1, 0.15) is 5.75 Å². The van der Waals surface area contributed by atoms with Crippen molar-refractivity contribution in [2.75, 3.05) is 13.6 Å². The summed E-state index contributed by atoms with van der Waals surface area (Å²) in [5, 5.41) is 6.43. The van der Waals surface area contributed by atoms with E-state index in [1.807, 2.05) is 0 Å². The topological polar surface area (TPSA) is 45.7 Å². The van der Waals surface area contributed by atoms with Crippen molar-refractivity contribution in [2.24, 2.45) is 4.99 Å². The minimum Gasteiger partial charge on any atom is -0.434 e. The predicted octanol–water partition coefficient (Wildman–Crippen LogP) is 3.29. The molecule has 0 radical (unpaired) electrons. The maximum Gasteiger partial charge on any atom is 0.387 e. The number of aliphatic imine (C=N–C) groups is 1. The second kappa shape index (κ2) is 7.96. The third kappa shape index (κ3) is 4.26. The van der Waals surface area contributed by atoms with Crippen molar-refractivity contribution in [3.05, 3.63) is 65.2 Å². The summed E-state index contributed by atoms with van der Waals surface area (Å²) in [6.45, 7) is -1.70. The molecule has 3 rings (SSSR count). The van der Waals surface area contributed by atoms with E-state index in [9.17, 15) is 8.78 Å². The van der Waals surface area contributed by atoms with Gasteiger partial charge in [-0.25, -0.2) is 0 Å². The quantitative estimate of drug-likeness (QED) is 0.624. The van der Waals surface area contributed by atoms with Crippen molar-refractivity contribution in [1.82, 2.24) is 10.6 Å². The molecule has 0 spiro atoms. The molecule has 0 aliphatic heterocycles. The number of hydrogen-bond acceptors (Lipinski definition) is 2. The number of ether oxygens (including phenoxy) is 1. The zero-order valence-corrected chi connectivity index (χ0v) is 14.0. The maximum absolute atomic E-state index is 12.5. The molecule has 2 aromatic rings. The summed E-state index contributed by atoms with van der Waals surface area (Å²) in [7, 11) is 1.69. The van der Waals surface area contributed by atoms with E-state index in [-0.39, 0.29) is 5.75 Å². The Labute approximate surface area is 145 Å². The number of nitrogens with zero attached hydrogens (tertiary/aromatic N) is 1. The number of fused-ring (bicyclic) bond motifs is 1. The third-order valence-corrected chi connectivity index (χ3v) is 4.34. The van der Waals surface area contributed by atoms with Crippen LogP contribution in [0.2, 0.25) is 0 Å².